The van der Waals surface area contributed by atoms with Crippen molar-refractivity contribution in [2.45, 2.75) is 31.7 Å². The summed E-state index contributed by atoms with van der Waals surface area (Å²) in [7, 11) is 1.68. The fraction of sp³-hybridized carbons (Fsp3) is 0.923. The molecule has 1 unspecified atom stereocenters. The number of nitrogens with one attached hydrogen (secondary N) is 1. The summed E-state index contributed by atoms with van der Waals surface area (Å²) in [6.45, 7) is 4.47. The zero-order chi connectivity index (χ0) is 13.0. The van der Waals surface area contributed by atoms with Crippen molar-refractivity contribution in [1.29, 1.82) is 0 Å². The Morgan fingerprint density at radius 3 is 2.78 bits per heavy atom. The molecule has 3 N–H and O–H groups in total. The van der Waals surface area contributed by atoms with Crippen LogP contribution in [-0.4, -0.2) is 56.7 Å². The molecule has 2 aliphatic heterocycles. The molecular formula is C13H25N3O2. The molecule has 0 saturated carbocycles. The van der Waals surface area contributed by atoms with Gasteiger partial charge in [-0.3, -0.25) is 9.69 Å². The van der Waals surface area contributed by atoms with E-state index in [0.29, 0.717) is 18.4 Å². The molecule has 2 heterocycles. The lowest BCUT2D eigenvalue weighted by atomic mass is 9.79. The van der Waals surface area contributed by atoms with E-state index in [0.717, 1.165) is 39.1 Å². The second kappa shape index (κ2) is 5.99. The Hall–Kier alpha value is -0.650. The lowest BCUT2D eigenvalue weighted by Crippen LogP contribution is -2.44. The van der Waals surface area contributed by atoms with Gasteiger partial charge in [-0.1, -0.05) is 0 Å². The average molecular weight is 255 g/mol. The highest BCUT2D eigenvalue weighted by atomic mass is 16.5. The van der Waals surface area contributed by atoms with E-state index in [4.69, 9.17) is 10.5 Å². The molecule has 104 valence electrons. The van der Waals surface area contributed by atoms with E-state index in [1.165, 1.54) is 6.42 Å². The Labute approximate surface area is 109 Å². The number of amides is 1. The topological polar surface area (TPSA) is 67.6 Å². The quantitative estimate of drug-likeness (QED) is 0.739. The van der Waals surface area contributed by atoms with Crippen LogP contribution >= 0.6 is 0 Å². The van der Waals surface area contributed by atoms with Crippen molar-refractivity contribution in [2.24, 2.45) is 11.1 Å². The summed E-state index contributed by atoms with van der Waals surface area (Å²) >= 11 is 0. The van der Waals surface area contributed by atoms with Gasteiger partial charge in [-0.2, -0.15) is 0 Å². The molecule has 0 aromatic rings. The van der Waals surface area contributed by atoms with Gasteiger partial charge in [0.2, 0.25) is 5.91 Å². The normalized spacial score (nSPS) is 25.2. The van der Waals surface area contributed by atoms with Crippen molar-refractivity contribution >= 4 is 5.91 Å². The van der Waals surface area contributed by atoms with Crippen LogP contribution in [-0.2, 0) is 9.53 Å². The van der Waals surface area contributed by atoms with Gasteiger partial charge in [0.15, 0.2) is 0 Å². The first kappa shape index (κ1) is 13.8. The number of carbonyl (C=O) groups excluding carboxylic acids is 1. The van der Waals surface area contributed by atoms with Crippen LogP contribution in [0.3, 0.4) is 0 Å². The fourth-order valence-electron chi connectivity index (χ4n) is 3.17. The molecule has 2 aliphatic rings. The van der Waals surface area contributed by atoms with Gasteiger partial charge in [0, 0.05) is 45.8 Å². The predicted octanol–water partition coefficient (Wildman–Crippen LogP) is -0.0477. The van der Waals surface area contributed by atoms with Gasteiger partial charge in [-0.15, -0.1) is 0 Å². The van der Waals surface area contributed by atoms with Crippen molar-refractivity contribution < 1.29 is 9.53 Å². The van der Waals surface area contributed by atoms with E-state index in [2.05, 4.69) is 10.2 Å². The van der Waals surface area contributed by atoms with Gasteiger partial charge in [-0.25, -0.2) is 0 Å². The van der Waals surface area contributed by atoms with Gasteiger partial charge in [0.25, 0.3) is 0 Å². The molecule has 2 fully saturated rings. The van der Waals surface area contributed by atoms with Gasteiger partial charge in [0.05, 0.1) is 0 Å². The van der Waals surface area contributed by atoms with E-state index in [9.17, 15) is 4.79 Å². The Kier molecular flexibility index (Phi) is 4.59. The third-order valence-corrected chi connectivity index (χ3v) is 4.51. The summed E-state index contributed by atoms with van der Waals surface area (Å²) in [5, 5.41) is 2.68. The first-order chi connectivity index (χ1) is 8.69. The molecule has 2 rings (SSSR count). The Bertz CT molecular complexity index is 290. The van der Waals surface area contributed by atoms with Crippen molar-refractivity contribution in [2.75, 3.05) is 39.9 Å². The number of nitrogens with zero attached hydrogens (tertiary/aromatic N) is 1. The van der Waals surface area contributed by atoms with Gasteiger partial charge < -0.3 is 15.8 Å². The summed E-state index contributed by atoms with van der Waals surface area (Å²) in [4.78, 5) is 13.9. The van der Waals surface area contributed by atoms with Gasteiger partial charge >= 0.3 is 0 Å². The number of ether oxygens (including phenoxy) is 1. The number of rotatable bonds is 4. The molecule has 18 heavy (non-hydrogen) atoms. The average Bonchev–Trinajstić information content (AvgIpc) is 2.80. The lowest BCUT2D eigenvalue weighted by molar-refractivity contribution is -0.121. The maximum atomic E-state index is 11.5. The highest BCUT2D eigenvalue weighted by Crippen LogP contribution is 2.40. The molecule has 0 radical (unpaired) electrons. The van der Waals surface area contributed by atoms with Crippen LogP contribution in [0.2, 0.25) is 0 Å². The van der Waals surface area contributed by atoms with E-state index in [1.54, 1.807) is 7.05 Å². The summed E-state index contributed by atoms with van der Waals surface area (Å²) < 4.78 is 5.45. The minimum atomic E-state index is 0.0818. The van der Waals surface area contributed by atoms with Crippen LogP contribution in [0.25, 0.3) is 0 Å². The highest BCUT2D eigenvalue weighted by Gasteiger charge is 2.41. The van der Waals surface area contributed by atoms with E-state index in [1.807, 2.05) is 0 Å². The number of hydrogen-bond acceptors (Lipinski definition) is 4. The molecule has 0 bridgehead atoms. The summed E-state index contributed by atoms with van der Waals surface area (Å²) in [5.41, 5.74) is 6.25. The molecule has 5 heteroatoms. The molecule has 1 atom stereocenters. The van der Waals surface area contributed by atoms with Crippen LogP contribution in [0.1, 0.15) is 25.7 Å². The smallest absolute Gasteiger partial charge is 0.221 e. The van der Waals surface area contributed by atoms with Crippen LogP contribution in [0.15, 0.2) is 0 Å². The zero-order valence-electron chi connectivity index (χ0n) is 11.3. The fourth-order valence-corrected chi connectivity index (χ4v) is 3.17. The molecule has 0 aliphatic carbocycles. The SMILES string of the molecule is CNC(=O)CC(CN)N1CCC2(CCOCC2)C1. The third kappa shape index (κ3) is 3.02. The molecule has 5 nitrogen and oxygen atoms in total. The monoisotopic (exact) mass is 255 g/mol. The largest absolute Gasteiger partial charge is 0.381 e. The molecule has 1 spiro atoms. The minimum absolute atomic E-state index is 0.0818. The second-order valence-corrected chi connectivity index (χ2v) is 5.60. The van der Waals surface area contributed by atoms with Gasteiger partial charge in [-0.05, 0) is 31.2 Å². The first-order valence-corrected chi connectivity index (χ1v) is 6.91. The van der Waals surface area contributed by atoms with Crippen molar-refractivity contribution in [3.8, 4) is 0 Å². The maximum absolute atomic E-state index is 11.5. The second-order valence-electron chi connectivity index (χ2n) is 5.60. The van der Waals surface area contributed by atoms with Crippen LogP contribution in [0.5, 0.6) is 0 Å². The van der Waals surface area contributed by atoms with Crippen molar-refractivity contribution in [3.63, 3.8) is 0 Å². The van der Waals surface area contributed by atoms with E-state index in [-0.39, 0.29) is 11.9 Å². The molecule has 1 amide bonds. The Morgan fingerprint density at radius 1 is 1.44 bits per heavy atom. The zero-order valence-corrected chi connectivity index (χ0v) is 11.3. The minimum Gasteiger partial charge on any atom is -0.381 e. The molecule has 0 aromatic heterocycles. The third-order valence-electron chi connectivity index (χ3n) is 4.51. The summed E-state index contributed by atoms with van der Waals surface area (Å²) in [6, 6.07) is 0.187. The number of likely N-dealkylation sites (tertiary alicyclic amines) is 1. The molecule has 0 aromatic carbocycles. The van der Waals surface area contributed by atoms with Crippen LogP contribution < -0.4 is 11.1 Å². The van der Waals surface area contributed by atoms with Crippen molar-refractivity contribution in [3.05, 3.63) is 0 Å². The number of hydrogen-bond donors (Lipinski definition) is 2. The van der Waals surface area contributed by atoms with E-state index < -0.39 is 0 Å². The lowest BCUT2D eigenvalue weighted by Gasteiger charge is -2.34. The Balaban J connectivity index is 1.91. The molecule has 2 saturated heterocycles. The van der Waals surface area contributed by atoms with Gasteiger partial charge in [0.1, 0.15) is 0 Å². The first-order valence-electron chi connectivity index (χ1n) is 6.91. The van der Waals surface area contributed by atoms with Crippen molar-refractivity contribution in [1.82, 2.24) is 10.2 Å². The highest BCUT2D eigenvalue weighted by molar-refractivity contribution is 5.76. The Morgan fingerprint density at radius 2 is 2.17 bits per heavy atom. The van der Waals surface area contributed by atoms with Crippen LogP contribution in [0, 0.1) is 5.41 Å². The van der Waals surface area contributed by atoms with Crippen LogP contribution in [0.4, 0.5) is 0 Å². The number of carbonyl (C=O) groups is 1. The standard InChI is InChI=1S/C13H25N3O2/c1-15-12(17)8-11(9-14)16-5-2-13(10-16)3-6-18-7-4-13/h11H,2-10,14H2,1H3,(H,15,17). The summed E-state index contributed by atoms with van der Waals surface area (Å²) in [6.07, 6.45) is 4.04. The predicted molar refractivity (Wildman–Crippen MR) is 70.2 cm³/mol. The number of nitrogens with two attached hydrogens (primary N) is 1. The maximum Gasteiger partial charge on any atom is 0.221 e. The van der Waals surface area contributed by atoms with E-state index >= 15 is 0 Å². The molecular weight excluding hydrogens is 230 g/mol. The summed E-state index contributed by atoms with van der Waals surface area (Å²) in [5.74, 6) is 0.0818.